The fourth-order valence-electron chi connectivity index (χ4n) is 1.54. The molecule has 0 atom stereocenters. The van der Waals surface area contributed by atoms with Crippen LogP contribution in [0.25, 0.3) is 10.8 Å². The molecule has 0 aliphatic carbocycles. The van der Waals surface area contributed by atoms with E-state index in [1.54, 1.807) is 35.6 Å². The van der Waals surface area contributed by atoms with Crippen LogP contribution in [0.5, 0.6) is 0 Å². The summed E-state index contributed by atoms with van der Waals surface area (Å²) in [6, 6.07) is 7.89. The molecule has 0 aromatic carbocycles. The van der Waals surface area contributed by atoms with Crippen LogP contribution in [0.15, 0.2) is 51.0 Å². The summed E-state index contributed by atoms with van der Waals surface area (Å²) < 4.78 is 10.7. The van der Waals surface area contributed by atoms with Gasteiger partial charge in [-0.25, -0.2) is 4.98 Å². The summed E-state index contributed by atoms with van der Waals surface area (Å²) >= 11 is 3.39. The highest BCUT2D eigenvalue weighted by Gasteiger charge is 2.07. The quantitative estimate of drug-likeness (QED) is 0.691. The van der Waals surface area contributed by atoms with E-state index in [4.69, 9.17) is 8.83 Å². The molecule has 0 aliphatic rings. The van der Waals surface area contributed by atoms with E-state index in [2.05, 4.69) is 4.98 Å². The Morgan fingerprint density at radius 1 is 1.17 bits per heavy atom. The zero-order chi connectivity index (χ0) is 12.2. The monoisotopic (exact) mass is 277 g/mol. The molecule has 3 rings (SSSR count). The fraction of sp³-hybridized carbons (Fsp3) is 0.154. The number of nitrogens with zero attached hydrogens (tertiary/aromatic N) is 1. The van der Waals surface area contributed by atoms with E-state index in [-0.39, 0.29) is 0 Å². The van der Waals surface area contributed by atoms with Gasteiger partial charge in [-0.3, -0.25) is 0 Å². The molecular formula is C13H11NO2S2. The molecule has 5 heteroatoms. The number of aromatic nitrogens is 1. The minimum atomic E-state index is 0.707. The van der Waals surface area contributed by atoms with Crippen molar-refractivity contribution >= 4 is 23.1 Å². The molecule has 0 saturated carbocycles. The van der Waals surface area contributed by atoms with Crippen LogP contribution in [-0.2, 0) is 11.5 Å². The number of thiophene rings is 1. The molecule has 3 aromatic heterocycles. The lowest BCUT2D eigenvalue weighted by Gasteiger charge is -1.94. The second-order valence-corrected chi connectivity index (χ2v) is 5.63. The number of thioether (sulfide) groups is 1. The molecule has 0 radical (unpaired) electrons. The molecule has 0 saturated heterocycles. The Hall–Kier alpha value is -1.46. The zero-order valence-electron chi connectivity index (χ0n) is 9.54. The SMILES string of the molecule is c1coc(CSCc2coc(-c3cccs3)n2)c1. The summed E-state index contributed by atoms with van der Waals surface area (Å²) in [6.45, 7) is 0. The van der Waals surface area contributed by atoms with Crippen LogP contribution in [0, 0.1) is 0 Å². The predicted molar refractivity (Wildman–Crippen MR) is 73.5 cm³/mol. The molecule has 18 heavy (non-hydrogen) atoms. The van der Waals surface area contributed by atoms with Gasteiger partial charge in [0.05, 0.1) is 22.6 Å². The summed E-state index contributed by atoms with van der Waals surface area (Å²) in [5.41, 5.74) is 0.968. The van der Waals surface area contributed by atoms with Gasteiger partial charge in [0.1, 0.15) is 12.0 Å². The van der Waals surface area contributed by atoms with Crippen LogP contribution in [-0.4, -0.2) is 4.98 Å². The minimum absolute atomic E-state index is 0.707. The number of hydrogen-bond donors (Lipinski definition) is 0. The van der Waals surface area contributed by atoms with E-state index < -0.39 is 0 Å². The third-order valence-electron chi connectivity index (χ3n) is 2.36. The molecule has 3 nitrogen and oxygen atoms in total. The smallest absolute Gasteiger partial charge is 0.236 e. The summed E-state index contributed by atoms with van der Waals surface area (Å²) in [7, 11) is 0. The number of oxazole rings is 1. The lowest BCUT2D eigenvalue weighted by molar-refractivity contribution is 0.530. The summed E-state index contributed by atoms with van der Waals surface area (Å²) in [5, 5.41) is 2.02. The molecule has 0 unspecified atom stereocenters. The van der Waals surface area contributed by atoms with Gasteiger partial charge >= 0.3 is 0 Å². The Morgan fingerprint density at radius 3 is 2.94 bits per heavy atom. The average molecular weight is 277 g/mol. The molecule has 0 bridgehead atoms. The molecule has 0 spiro atoms. The topological polar surface area (TPSA) is 39.2 Å². The van der Waals surface area contributed by atoms with Gasteiger partial charge in [0, 0.05) is 5.75 Å². The number of furan rings is 1. The number of hydrogen-bond acceptors (Lipinski definition) is 5. The summed E-state index contributed by atoms with van der Waals surface area (Å²) in [5.74, 6) is 3.38. The van der Waals surface area contributed by atoms with E-state index in [1.807, 2.05) is 29.6 Å². The first-order valence-corrected chi connectivity index (χ1v) is 7.53. The maximum absolute atomic E-state index is 5.46. The Labute approximate surface area is 113 Å². The van der Waals surface area contributed by atoms with Gasteiger partial charge in [-0.2, -0.15) is 0 Å². The first-order valence-electron chi connectivity index (χ1n) is 5.50. The lowest BCUT2D eigenvalue weighted by atomic mass is 10.5. The molecule has 0 N–H and O–H groups in total. The van der Waals surface area contributed by atoms with Crippen molar-refractivity contribution in [2.75, 3.05) is 0 Å². The van der Waals surface area contributed by atoms with E-state index in [0.29, 0.717) is 5.89 Å². The van der Waals surface area contributed by atoms with Gasteiger partial charge in [-0.1, -0.05) is 6.07 Å². The van der Waals surface area contributed by atoms with Gasteiger partial charge < -0.3 is 8.83 Å². The van der Waals surface area contributed by atoms with Crippen LogP contribution >= 0.6 is 23.1 Å². The maximum Gasteiger partial charge on any atom is 0.236 e. The van der Waals surface area contributed by atoms with Gasteiger partial charge in [-0.15, -0.1) is 23.1 Å². The van der Waals surface area contributed by atoms with Crippen molar-refractivity contribution in [1.29, 1.82) is 0 Å². The first kappa shape index (κ1) is 11.6. The van der Waals surface area contributed by atoms with Crippen molar-refractivity contribution < 1.29 is 8.83 Å². The summed E-state index contributed by atoms with van der Waals surface area (Å²) in [4.78, 5) is 5.53. The second-order valence-electron chi connectivity index (χ2n) is 3.69. The van der Waals surface area contributed by atoms with E-state index in [1.165, 1.54) is 0 Å². The molecule has 3 aromatic rings. The van der Waals surface area contributed by atoms with Crippen molar-refractivity contribution in [3.05, 3.63) is 53.6 Å². The van der Waals surface area contributed by atoms with Crippen LogP contribution in [0.3, 0.4) is 0 Å². The highest BCUT2D eigenvalue weighted by atomic mass is 32.2. The summed E-state index contributed by atoms with van der Waals surface area (Å²) in [6.07, 6.45) is 3.42. The Kier molecular flexibility index (Phi) is 3.52. The first-order chi connectivity index (χ1) is 8.92. The Morgan fingerprint density at radius 2 is 2.17 bits per heavy atom. The van der Waals surface area contributed by atoms with Crippen molar-refractivity contribution in [2.24, 2.45) is 0 Å². The standard InChI is InChI=1S/C13H11NO2S2/c1-3-11(15-5-1)9-17-8-10-7-16-13(14-10)12-4-2-6-18-12/h1-7H,8-9H2. The van der Waals surface area contributed by atoms with Crippen LogP contribution in [0.4, 0.5) is 0 Å². The normalized spacial score (nSPS) is 10.9. The van der Waals surface area contributed by atoms with E-state index in [9.17, 15) is 0 Å². The molecule has 0 amide bonds. The van der Waals surface area contributed by atoms with Gasteiger partial charge in [0.15, 0.2) is 0 Å². The molecule has 92 valence electrons. The minimum Gasteiger partial charge on any atom is -0.468 e. The van der Waals surface area contributed by atoms with Crippen LogP contribution in [0.1, 0.15) is 11.5 Å². The average Bonchev–Trinajstić information content (AvgIpc) is 3.12. The van der Waals surface area contributed by atoms with Gasteiger partial charge in [-0.05, 0) is 23.6 Å². The Balaban J connectivity index is 1.57. The van der Waals surface area contributed by atoms with Crippen LogP contribution in [0.2, 0.25) is 0 Å². The van der Waals surface area contributed by atoms with Crippen molar-refractivity contribution in [3.8, 4) is 10.8 Å². The highest BCUT2D eigenvalue weighted by molar-refractivity contribution is 7.97. The van der Waals surface area contributed by atoms with Crippen molar-refractivity contribution in [1.82, 2.24) is 4.98 Å². The van der Waals surface area contributed by atoms with Crippen LogP contribution < -0.4 is 0 Å². The third kappa shape index (κ3) is 2.68. The number of rotatable bonds is 5. The van der Waals surface area contributed by atoms with Crippen molar-refractivity contribution in [2.45, 2.75) is 11.5 Å². The third-order valence-corrected chi connectivity index (χ3v) is 4.20. The van der Waals surface area contributed by atoms with Crippen molar-refractivity contribution in [3.63, 3.8) is 0 Å². The largest absolute Gasteiger partial charge is 0.468 e. The predicted octanol–water partition coefficient (Wildman–Crippen LogP) is 4.43. The Bertz CT molecular complexity index is 584. The lowest BCUT2D eigenvalue weighted by Crippen LogP contribution is -1.82. The second kappa shape index (κ2) is 5.46. The van der Waals surface area contributed by atoms with Gasteiger partial charge in [0.25, 0.3) is 0 Å². The maximum atomic E-state index is 5.46. The van der Waals surface area contributed by atoms with Gasteiger partial charge in [0.2, 0.25) is 5.89 Å². The molecule has 0 fully saturated rings. The van der Waals surface area contributed by atoms with E-state index in [0.717, 1.165) is 27.8 Å². The molecule has 0 aliphatic heterocycles. The zero-order valence-corrected chi connectivity index (χ0v) is 11.2. The molecule has 3 heterocycles. The highest BCUT2D eigenvalue weighted by Crippen LogP contribution is 2.25. The fourth-order valence-corrected chi connectivity index (χ4v) is 3.00. The van der Waals surface area contributed by atoms with E-state index >= 15 is 0 Å². The molecular weight excluding hydrogens is 266 g/mol.